The monoisotopic (exact) mass is 290 g/mol. The van der Waals surface area contributed by atoms with Gasteiger partial charge in [-0.15, -0.1) is 0 Å². The molecule has 20 heavy (non-hydrogen) atoms. The number of rotatable bonds is 5. The van der Waals surface area contributed by atoms with E-state index >= 15 is 0 Å². The Bertz CT molecular complexity index is 561. The Labute approximate surface area is 124 Å². The fourth-order valence-corrected chi connectivity index (χ4v) is 2.78. The molecule has 0 bridgehead atoms. The molecule has 4 heteroatoms. The van der Waals surface area contributed by atoms with Crippen LogP contribution in [-0.4, -0.2) is 18.0 Å². The van der Waals surface area contributed by atoms with Gasteiger partial charge >= 0.3 is 0 Å². The van der Waals surface area contributed by atoms with Crippen molar-refractivity contribution in [2.45, 2.75) is 25.9 Å². The van der Waals surface area contributed by atoms with Gasteiger partial charge in [-0.05, 0) is 67.4 Å². The molecule has 1 aliphatic heterocycles. The average molecular weight is 291 g/mol. The highest BCUT2D eigenvalue weighted by Gasteiger charge is 2.11. The second-order valence-corrected chi connectivity index (χ2v) is 5.62. The van der Waals surface area contributed by atoms with E-state index in [4.69, 9.17) is 16.0 Å². The fraction of sp³-hybridized carbons (Fsp3) is 0.375. The second-order valence-electron chi connectivity index (χ2n) is 5.24. The summed E-state index contributed by atoms with van der Waals surface area (Å²) in [5.41, 5.74) is 2.48. The minimum absolute atomic E-state index is 0.435. The minimum Gasteiger partial charge on any atom is -0.448 e. The van der Waals surface area contributed by atoms with Gasteiger partial charge in [-0.3, -0.25) is 4.90 Å². The molecule has 0 unspecified atom stereocenters. The molecule has 1 aromatic carbocycles. The molecule has 3 nitrogen and oxygen atoms in total. The first-order valence-corrected chi connectivity index (χ1v) is 7.47. The van der Waals surface area contributed by atoms with E-state index in [-0.39, 0.29) is 0 Å². The Hall–Kier alpha value is -1.45. The van der Waals surface area contributed by atoms with Gasteiger partial charge in [0.2, 0.25) is 0 Å². The predicted octanol–water partition coefficient (Wildman–Crippen LogP) is 4.14. The van der Waals surface area contributed by atoms with E-state index in [1.165, 1.54) is 31.5 Å². The Kier molecular flexibility index (Phi) is 4.28. The van der Waals surface area contributed by atoms with Gasteiger partial charge in [0.1, 0.15) is 5.76 Å². The molecule has 1 fully saturated rings. The number of halogens is 1. The summed E-state index contributed by atoms with van der Waals surface area (Å²) >= 11 is 5.76. The van der Waals surface area contributed by atoms with E-state index in [1.54, 1.807) is 6.07 Å². The van der Waals surface area contributed by atoms with Crippen LogP contribution in [0.25, 0.3) is 0 Å². The second kappa shape index (κ2) is 6.33. The van der Waals surface area contributed by atoms with Crippen LogP contribution in [0.3, 0.4) is 0 Å². The largest absolute Gasteiger partial charge is 0.448 e. The summed E-state index contributed by atoms with van der Waals surface area (Å²) in [6, 6.07) is 12.2. The Balaban J connectivity index is 1.58. The molecule has 1 aliphatic rings. The highest BCUT2D eigenvalue weighted by atomic mass is 35.5. The van der Waals surface area contributed by atoms with Crippen LogP contribution in [0.15, 0.2) is 40.8 Å². The summed E-state index contributed by atoms with van der Waals surface area (Å²) in [5.74, 6) is 0.847. The summed E-state index contributed by atoms with van der Waals surface area (Å²) in [6.07, 6.45) is 2.66. The van der Waals surface area contributed by atoms with Crippen molar-refractivity contribution in [2.24, 2.45) is 0 Å². The molecular formula is C16H19ClN2O. The zero-order valence-electron chi connectivity index (χ0n) is 11.4. The number of hydrogen-bond acceptors (Lipinski definition) is 3. The Morgan fingerprint density at radius 1 is 1.15 bits per heavy atom. The molecule has 3 rings (SSSR count). The van der Waals surface area contributed by atoms with Gasteiger partial charge in [0.15, 0.2) is 5.22 Å². The maximum atomic E-state index is 5.76. The number of nitrogens with zero attached hydrogens (tertiary/aromatic N) is 1. The van der Waals surface area contributed by atoms with E-state index in [1.807, 2.05) is 6.07 Å². The third-order valence-electron chi connectivity index (χ3n) is 3.63. The van der Waals surface area contributed by atoms with E-state index < -0.39 is 0 Å². The molecule has 0 radical (unpaired) electrons. The molecule has 2 aromatic rings. The van der Waals surface area contributed by atoms with E-state index in [0.717, 1.165) is 18.0 Å². The van der Waals surface area contributed by atoms with Crippen molar-refractivity contribution in [3.63, 3.8) is 0 Å². The summed E-state index contributed by atoms with van der Waals surface area (Å²) in [4.78, 5) is 2.51. The third-order valence-corrected chi connectivity index (χ3v) is 3.83. The van der Waals surface area contributed by atoms with E-state index in [0.29, 0.717) is 11.8 Å². The first-order valence-electron chi connectivity index (χ1n) is 7.09. The number of hydrogen-bond donors (Lipinski definition) is 1. The molecule has 0 atom stereocenters. The fourth-order valence-electron chi connectivity index (χ4n) is 2.61. The van der Waals surface area contributed by atoms with Crippen molar-refractivity contribution in [2.75, 3.05) is 18.4 Å². The van der Waals surface area contributed by atoms with Gasteiger partial charge in [0.25, 0.3) is 0 Å². The van der Waals surface area contributed by atoms with Crippen molar-refractivity contribution in [1.29, 1.82) is 0 Å². The first-order chi connectivity index (χ1) is 9.79. The van der Waals surface area contributed by atoms with Crippen LogP contribution in [-0.2, 0) is 13.1 Å². The normalized spacial score (nSPS) is 15.7. The lowest BCUT2D eigenvalue weighted by Crippen LogP contribution is -2.18. The molecule has 1 N–H and O–H groups in total. The summed E-state index contributed by atoms with van der Waals surface area (Å²) in [7, 11) is 0. The maximum Gasteiger partial charge on any atom is 0.193 e. The van der Waals surface area contributed by atoms with Crippen molar-refractivity contribution >= 4 is 17.3 Å². The van der Waals surface area contributed by atoms with Gasteiger partial charge in [-0.2, -0.15) is 0 Å². The maximum absolute atomic E-state index is 5.76. The summed E-state index contributed by atoms with van der Waals surface area (Å²) in [6.45, 7) is 4.15. The van der Waals surface area contributed by atoms with Crippen LogP contribution in [0, 0.1) is 0 Å². The van der Waals surface area contributed by atoms with Crippen LogP contribution in [0.2, 0.25) is 5.22 Å². The van der Waals surface area contributed by atoms with Crippen LogP contribution >= 0.6 is 11.6 Å². The van der Waals surface area contributed by atoms with Gasteiger partial charge in [-0.1, -0.05) is 12.1 Å². The molecule has 1 aromatic heterocycles. The molecule has 0 saturated carbocycles. The SMILES string of the molecule is Clc1ccc(CNc2cccc(CN3CCCC3)c2)o1. The standard InChI is InChI=1S/C16H19ClN2O/c17-16-7-6-15(20-16)11-18-14-5-3-4-13(10-14)12-19-8-1-2-9-19/h3-7,10,18H,1-2,8-9,11-12H2. The topological polar surface area (TPSA) is 28.4 Å². The Morgan fingerprint density at radius 2 is 2.00 bits per heavy atom. The van der Waals surface area contributed by atoms with Gasteiger partial charge in [0, 0.05) is 12.2 Å². The summed E-state index contributed by atoms with van der Waals surface area (Å²) in [5, 5.41) is 3.80. The van der Waals surface area contributed by atoms with Crippen molar-refractivity contribution < 1.29 is 4.42 Å². The van der Waals surface area contributed by atoms with Gasteiger partial charge in [0.05, 0.1) is 6.54 Å². The van der Waals surface area contributed by atoms with Gasteiger partial charge in [-0.25, -0.2) is 0 Å². The number of likely N-dealkylation sites (tertiary alicyclic amines) is 1. The third kappa shape index (κ3) is 3.56. The quantitative estimate of drug-likeness (QED) is 0.897. The zero-order valence-corrected chi connectivity index (χ0v) is 12.2. The van der Waals surface area contributed by atoms with E-state index in [2.05, 4.69) is 34.5 Å². The molecule has 0 amide bonds. The first kappa shape index (κ1) is 13.5. The number of anilines is 1. The lowest BCUT2D eigenvalue weighted by atomic mass is 10.2. The predicted molar refractivity (Wildman–Crippen MR) is 82.0 cm³/mol. The van der Waals surface area contributed by atoms with Crippen LogP contribution in [0.1, 0.15) is 24.2 Å². The van der Waals surface area contributed by atoms with Gasteiger partial charge < -0.3 is 9.73 Å². The average Bonchev–Trinajstić information content (AvgIpc) is 3.09. The smallest absolute Gasteiger partial charge is 0.193 e. The molecule has 0 spiro atoms. The van der Waals surface area contributed by atoms with Crippen LogP contribution in [0.4, 0.5) is 5.69 Å². The Morgan fingerprint density at radius 3 is 2.75 bits per heavy atom. The molecule has 2 heterocycles. The molecular weight excluding hydrogens is 272 g/mol. The van der Waals surface area contributed by atoms with E-state index in [9.17, 15) is 0 Å². The number of nitrogens with one attached hydrogen (secondary N) is 1. The highest BCUT2D eigenvalue weighted by Crippen LogP contribution is 2.18. The molecule has 106 valence electrons. The van der Waals surface area contributed by atoms with Crippen LogP contribution in [0.5, 0.6) is 0 Å². The minimum atomic E-state index is 0.435. The number of benzene rings is 1. The zero-order chi connectivity index (χ0) is 13.8. The van der Waals surface area contributed by atoms with Crippen molar-refractivity contribution in [1.82, 2.24) is 4.90 Å². The molecule has 0 aliphatic carbocycles. The summed E-state index contributed by atoms with van der Waals surface area (Å²) < 4.78 is 5.34. The van der Waals surface area contributed by atoms with Crippen molar-refractivity contribution in [3.05, 3.63) is 52.9 Å². The number of furan rings is 1. The highest BCUT2D eigenvalue weighted by molar-refractivity contribution is 6.28. The lowest BCUT2D eigenvalue weighted by Gasteiger charge is -2.15. The lowest BCUT2D eigenvalue weighted by molar-refractivity contribution is 0.331. The van der Waals surface area contributed by atoms with Crippen molar-refractivity contribution in [3.8, 4) is 0 Å². The van der Waals surface area contributed by atoms with Crippen LogP contribution < -0.4 is 5.32 Å². The molecule has 1 saturated heterocycles.